The van der Waals surface area contributed by atoms with E-state index in [4.69, 9.17) is 9.15 Å². The molecule has 1 aromatic heterocycles. The van der Waals surface area contributed by atoms with E-state index >= 15 is 0 Å². The molecule has 0 bridgehead atoms. The molecule has 1 saturated heterocycles. The number of piperidine rings is 1. The number of carbonyl (C=O) groups is 1. The molecule has 1 aromatic rings. The summed E-state index contributed by atoms with van der Waals surface area (Å²) in [6.45, 7) is 7.60. The van der Waals surface area contributed by atoms with Crippen LogP contribution in [0.3, 0.4) is 0 Å². The quantitative estimate of drug-likeness (QED) is 0.870. The summed E-state index contributed by atoms with van der Waals surface area (Å²) in [4.78, 5) is 13.4. The van der Waals surface area contributed by atoms with E-state index in [0.29, 0.717) is 32.0 Å². The van der Waals surface area contributed by atoms with Crippen molar-refractivity contribution >= 4 is 6.09 Å². The maximum Gasteiger partial charge on any atom is 0.409 e. The fourth-order valence-corrected chi connectivity index (χ4v) is 2.64. The summed E-state index contributed by atoms with van der Waals surface area (Å²) in [6.07, 6.45) is 1.47. The minimum absolute atomic E-state index is 0.237. The molecule has 1 aliphatic rings. The maximum atomic E-state index is 11.6. The highest BCUT2D eigenvalue weighted by Gasteiger charge is 2.29. The number of rotatable bonds is 5. The fraction of sp³-hybridized carbons (Fsp3) is 0.688. The van der Waals surface area contributed by atoms with Gasteiger partial charge in [-0.3, -0.25) is 0 Å². The third-order valence-corrected chi connectivity index (χ3v) is 4.03. The Morgan fingerprint density at radius 3 is 2.73 bits per heavy atom. The van der Waals surface area contributed by atoms with Gasteiger partial charge in [-0.25, -0.2) is 4.79 Å². The molecule has 0 saturated carbocycles. The zero-order valence-electron chi connectivity index (χ0n) is 13.6. The molecule has 0 radical (unpaired) electrons. The molecule has 2 rings (SSSR count). The first-order valence-corrected chi connectivity index (χ1v) is 7.86. The van der Waals surface area contributed by atoms with Crippen LogP contribution in [-0.2, 0) is 10.3 Å². The normalized spacial score (nSPS) is 19.0. The zero-order valence-corrected chi connectivity index (χ0v) is 13.6. The van der Waals surface area contributed by atoms with Gasteiger partial charge >= 0.3 is 6.09 Å². The molecule has 0 aromatic carbocycles. The van der Waals surface area contributed by atoms with E-state index in [1.165, 1.54) is 0 Å². The second-order valence-corrected chi connectivity index (χ2v) is 6.03. The lowest BCUT2D eigenvalue weighted by Gasteiger charge is -2.33. The van der Waals surface area contributed by atoms with Gasteiger partial charge in [-0.1, -0.05) is 0 Å². The van der Waals surface area contributed by atoms with Gasteiger partial charge in [0, 0.05) is 25.7 Å². The van der Waals surface area contributed by atoms with Crippen molar-refractivity contribution < 1.29 is 19.1 Å². The number of nitrogens with zero attached hydrogens (tertiary/aromatic N) is 1. The summed E-state index contributed by atoms with van der Waals surface area (Å²) in [7, 11) is 0. The van der Waals surface area contributed by atoms with E-state index in [1.54, 1.807) is 17.9 Å². The number of aliphatic hydroxyl groups is 1. The third kappa shape index (κ3) is 4.24. The van der Waals surface area contributed by atoms with Crippen molar-refractivity contribution in [3.63, 3.8) is 0 Å². The molecular formula is C16H26N2O4. The molecule has 1 aliphatic heterocycles. The number of furan rings is 1. The van der Waals surface area contributed by atoms with Crippen molar-refractivity contribution in [2.75, 3.05) is 26.2 Å². The van der Waals surface area contributed by atoms with Crippen LogP contribution in [0, 0.1) is 6.92 Å². The van der Waals surface area contributed by atoms with Crippen LogP contribution in [0.15, 0.2) is 16.5 Å². The van der Waals surface area contributed by atoms with E-state index in [9.17, 15) is 9.90 Å². The Balaban J connectivity index is 1.78. The van der Waals surface area contributed by atoms with E-state index in [-0.39, 0.29) is 12.1 Å². The first kappa shape index (κ1) is 16.8. The average Bonchev–Trinajstić information content (AvgIpc) is 2.93. The number of hydrogen-bond donors (Lipinski definition) is 2. The molecule has 0 spiro atoms. The lowest BCUT2D eigenvalue weighted by molar-refractivity contribution is 0.0276. The topological polar surface area (TPSA) is 74.9 Å². The predicted molar refractivity (Wildman–Crippen MR) is 82.6 cm³/mol. The summed E-state index contributed by atoms with van der Waals surface area (Å²) >= 11 is 0. The molecule has 1 fully saturated rings. The number of hydrogen-bond acceptors (Lipinski definition) is 5. The minimum Gasteiger partial charge on any atom is -0.463 e. The standard InChI is InChI=1S/C16H26N2O4/c1-4-21-15(19)18-9-7-13(8-10-18)17-11-16(3,20)14-6-5-12(2)22-14/h5-6,13,17,20H,4,7-11H2,1-3H3/t16-/m1/s1. The van der Waals surface area contributed by atoms with Gasteiger partial charge in [-0.2, -0.15) is 0 Å². The number of nitrogens with one attached hydrogen (secondary N) is 1. The molecular weight excluding hydrogens is 284 g/mol. The molecule has 2 N–H and O–H groups in total. The van der Waals surface area contributed by atoms with E-state index in [0.717, 1.165) is 18.6 Å². The van der Waals surface area contributed by atoms with Crippen LogP contribution in [0.2, 0.25) is 0 Å². The second-order valence-electron chi connectivity index (χ2n) is 6.03. The summed E-state index contributed by atoms with van der Waals surface area (Å²) in [6, 6.07) is 3.94. The Morgan fingerprint density at radius 2 is 2.18 bits per heavy atom. The Kier molecular flexibility index (Phi) is 5.47. The van der Waals surface area contributed by atoms with Crippen molar-refractivity contribution in [2.45, 2.75) is 45.3 Å². The summed E-state index contributed by atoms with van der Waals surface area (Å²) in [5.41, 5.74) is -1.04. The Morgan fingerprint density at radius 1 is 1.50 bits per heavy atom. The molecule has 6 nitrogen and oxygen atoms in total. The van der Waals surface area contributed by atoms with Gasteiger partial charge in [0.25, 0.3) is 0 Å². The highest BCUT2D eigenvalue weighted by molar-refractivity contribution is 5.67. The highest BCUT2D eigenvalue weighted by atomic mass is 16.6. The molecule has 22 heavy (non-hydrogen) atoms. The molecule has 1 amide bonds. The van der Waals surface area contributed by atoms with Gasteiger partial charge in [0.1, 0.15) is 17.1 Å². The van der Waals surface area contributed by atoms with Crippen LogP contribution in [-0.4, -0.2) is 48.4 Å². The fourth-order valence-electron chi connectivity index (χ4n) is 2.64. The predicted octanol–water partition coefficient (Wildman–Crippen LogP) is 2.01. The smallest absolute Gasteiger partial charge is 0.409 e. The summed E-state index contributed by atoms with van der Waals surface area (Å²) in [5, 5.41) is 13.9. The molecule has 0 aliphatic carbocycles. The first-order chi connectivity index (χ1) is 10.4. The summed E-state index contributed by atoms with van der Waals surface area (Å²) < 4.78 is 10.5. The number of ether oxygens (including phenoxy) is 1. The van der Waals surface area contributed by atoms with E-state index < -0.39 is 5.60 Å². The second kappa shape index (κ2) is 7.15. The Hall–Kier alpha value is -1.53. The van der Waals surface area contributed by atoms with Gasteiger partial charge in [0.2, 0.25) is 0 Å². The van der Waals surface area contributed by atoms with Crippen LogP contribution in [0.25, 0.3) is 0 Å². The molecule has 0 unspecified atom stereocenters. The maximum absolute atomic E-state index is 11.6. The van der Waals surface area contributed by atoms with E-state index in [2.05, 4.69) is 5.32 Å². The van der Waals surface area contributed by atoms with Crippen LogP contribution in [0.5, 0.6) is 0 Å². The Bertz CT molecular complexity index is 490. The van der Waals surface area contributed by atoms with Crippen LogP contribution >= 0.6 is 0 Å². The van der Waals surface area contributed by atoms with Crippen molar-refractivity contribution in [1.82, 2.24) is 10.2 Å². The van der Waals surface area contributed by atoms with Crippen molar-refractivity contribution in [2.24, 2.45) is 0 Å². The van der Waals surface area contributed by atoms with Gasteiger partial charge in [-0.15, -0.1) is 0 Å². The lowest BCUT2D eigenvalue weighted by atomic mass is 10.0. The van der Waals surface area contributed by atoms with Crippen LogP contribution < -0.4 is 5.32 Å². The number of aryl methyl sites for hydroxylation is 1. The first-order valence-electron chi connectivity index (χ1n) is 7.86. The highest BCUT2D eigenvalue weighted by Crippen LogP contribution is 2.22. The molecule has 124 valence electrons. The monoisotopic (exact) mass is 310 g/mol. The average molecular weight is 310 g/mol. The zero-order chi connectivity index (χ0) is 16.2. The lowest BCUT2D eigenvalue weighted by Crippen LogP contribution is -2.48. The number of amides is 1. The number of likely N-dealkylation sites (tertiary alicyclic amines) is 1. The van der Waals surface area contributed by atoms with Crippen molar-refractivity contribution in [3.8, 4) is 0 Å². The number of carbonyl (C=O) groups excluding carboxylic acids is 1. The van der Waals surface area contributed by atoms with Crippen LogP contribution in [0.1, 0.15) is 38.2 Å². The molecule has 2 heterocycles. The van der Waals surface area contributed by atoms with Crippen LogP contribution in [0.4, 0.5) is 4.79 Å². The van der Waals surface area contributed by atoms with Gasteiger partial charge < -0.3 is 24.5 Å². The minimum atomic E-state index is -1.04. The van der Waals surface area contributed by atoms with Gasteiger partial charge in [0.05, 0.1) is 6.61 Å². The summed E-state index contributed by atoms with van der Waals surface area (Å²) in [5.74, 6) is 1.36. The molecule has 1 atom stereocenters. The Labute approximate surface area is 131 Å². The van der Waals surface area contributed by atoms with Crippen molar-refractivity contribution in [3.05, 3.63) is 23.7 Å². The largest absolute Gasteiger partial charge is 0.463 e. The molecule has 6 heteroatoms. The van der Waals surface area contributed by atoms with Gasteiger partial charge in [0.15, 0.2) is 0 Å². The van der Waals surface area contributed by atoms with Crippen molar-refractivity contribution in [1.29, 1.82) is 0 Å². The third-order valence-electron chi connectivity index (χ3n) is 4.03. The van der Waals surface area contributed by atoms with Gasteiger partial charge in [-0.05, 0) is 45.7 Å². The van der Waals surface area contributed by atoms with E-state index in [1.807, 2.05) is 19.9 Å². The SMILES string of the molecule is CCOC(=O)N1CCC(NC[C@@](C)(O)c2ccc(C)o2)CC1.